The number of anilines is 1. The molecule has 0 aliphatic carbocycles. The van der Waals surface area contributed by atoms with Gasteiger partial charge in [-0.15, -0.1) is 0 Å². The molecule has 0 bridgehead atoms. The van der Waals surface area contributed by atoms with Gasteiger partial charge in [0.05, 0.1) is 18.0 Å². The second-order valence-electron chi connectivity index (χ2n) is 13.0. The largest absolute Gasteiger partial charge is 0.488 e. The number of nitrogens with zero attached hydrogens (tertiary/aromatic N) is 2. The number of nitrogens with two attached hydrogens (primary N) is 1. The van der Waals surface area contributed by atoms with Crippen molar-refractivity contribution in [1.82, 2.24) is 4.31 Å². The number of carboxylic acids is 1. The van der Waals surface area contributed by atoms with Crippen LogP contribution in [-0.4, -0.2) is 49.2 Å². The average molecular weight is 754 g/mol. The monoisotopic (exact) mass is 753 g/mol. The molecule has 0 heterocycles. The van der Waals surface area contributed by atoms with Crippen molar-refractivity contribution in [2.24, 2.45) is 5.73 Å². The first-order chi connectivity index (χ1) is 26.4. The highest BCUT2D eigenvalue weighted by atomic mass is 32.2. The molecule has 6 aromatic carbocycles. The van der Waals surface area contributed by atoms with Crippen molar-refractivity contribution in [3.8, 4) is 28.0 Å². The van der Waals surface area contributed by atoms with E-state index in [0.29, 0.717) is 16.8 Å². The lowest BCUT2D eigenvalue weighted by Crippen LogP contribution is -2.41. The number of amides is 2. The Balaban J connectivity index is 1.41. The molecule has 0 unspecified atom stereocenters. The Morgan fingerprint density at radius 3 is 1.98 bits per heavy atom. The number of likely N-dealkylation sites (N-methyl/N-ethyl adjacent to an activating group) is 1. The SMILES string of the molecule is Cc1ccc(S(=O)(=O)N(C)CC(=O)N(Cc2ccc(-c3ccc(C(N)=O)cc3)c(-c3ccccc3)c2)c2ccc(C(=O)O)c(OCc3ccccc3)c2)cc1. The van der Waals surface area contributed by atoms with E-state index in [9.17, 15) is 27.9 Å². The zero-order valence-electron chi connectivity index (χ0n) is 30.3. The van der Waals surface area contributed by atoms with Gasteiger partial charge >= 0.3 is 5.97 Å². The summed E-state index contributed by atoms with van der Waals surface area (Å²) in [5.74, 6) is -2.24. The highest BCUT2D eigenvalue weighted by molar-refractivity contribution is 7.89. The van der Waals surface area contributed by atoms with Gasteiger partial charge in [0, 0.05) is 24.4 Å². The van der Waals surface area contributed by atoms with Crippen molar-refractivity contribution in [3.63, 3.8) is 0 Å². The molecule has 0 spiro atoms. The third-order valence-corrected chi connectivity index (χ3v) is 10.9. The number of primary amides is 1. The standard InChI is InChI=1S/C44H39N3O7S/c1-30-13-21-37(22-14-30)55(52,53)46(2)28-42(48)47(36-20-24-39(44(50)51)41(26-36)54-29-31-9-5-3-6-10-31)27-32-15-23-38(34-16-18-35(19-17-34)43(45)49)40(25-32)33-11-7-4-8-12-33/h3-26H,27-29H2,1-2H3,(H2,45,49)(H,50,51). The van der Waals surface area contributed by atoms with Crippen LogP contribution in [0.5, 0.6) is 5.75 Å². The fraction of sp³-hybridized carbons (Fsp3) is 0.114. The molecule has 0 saturated carbocycles. The molecule has 278 valence electrons. The Hall–Kier alpha value is -6.56. The van der Waals surface area contributed by atoms with Crippen molar-refractivity contribution < 1.29 is 32.6 Å². The molecule has 6 aromatic rings. The van der Waals surface area contributed by atoms with Crippen molar-refractivity contribution in [2.45, 2.75) is 25.0 Å². The maximum absolute atomic E-state index is 14.4. The molecule has 0 radical (unpaired) electrons. The normalized spacial score (nSPS) is 11.3. The van der Waals surface area contributed by atoms with E-state index >= 15 is 0 Å². The summed E-state index contributed by atoms with van der Waals surface area (Å²) in [5, 5.41) is 10.0. The molecule has 10 nitrogen and oxygen atoms in total. The molecular weight excluding hydrogens is 715 g/mol. The summed E-state index contributed by atoms with van der Waals surface area (Å²) >= 11 is 0. The van der Waals surface area contributed by atoms with Crippen LogP contribution in [0.15, 0.2) is 150 Å². The zero-order chi connectivity index (χ0) is 39.1. The summed E-state index contributed by atoms with van der Waals surface area (Å²) < 4.78 is 34.2. The lowest BCUT2D eigenvalue weighted by Gasteiger charge is -2.27. The Morgan fingerprint density at radius 2 is 1.35 bits per heavy atom. The Kier molecular flexibility index (Phi) is 11.5. The molecule has 0 atom stereocenters. The number of aryl methyl sites for hydroxylation is 1. The van der Waals surface area contributed by atoms with Crippen LogP contribution in [0.1, 0.15) is 37.4 Å². The molecule has 0 aromatic heterocycles. The molecule has 55 heavy (non-hydrogen) atoms. The van der Waals surface area contributed by atoms with Gasteiger partial charge in [-0.25, -0.2) is 13.2 Å². The number of carbonyl (C=O) groups excluding carboxylic acids is 2. The molecule has 0 aliphatic heterocycles. The van der Waals surface area contributed by atoms with Gasteiger partial charge in [-0.05, 0) is 82.8 Å². The molecule has 0 aliphatic rings. The van der Waals surface area contributed by atoms with Crippen LogP contribution in [-0.2, 0) is 28.0 Å². The lowest BCUT2D eigenvalue weighted by atomic mass is 9.92. The summed E-state index contributed by atoms with van der Waals surface area (Å²) in [6.07, 6.45) is 0. The first-order valence-corrected chi connectivity index (χ1v) is 18.8. The smallest absolute Gasteiger partial charge is 0.339 e. The molecule has 3 N–H and O–H groups in total. The third kappa shape index (κ3) is 8.98. The van der Waals surface area contributed by atoms with E-state index in [2.05, 4.69) is 0 Å². The van der Waals surface area contributed by atoms with E-state index in [1.54, 1.807) is 24.3 Å². The average Bonchev–Trinajstić information content (AvgIpc) is 3.19. The van der Waals surface area contributed by atoms with Crippen molar-refractivity contribution in [3.05, 3.63) is 173 Å². The number of hydrogen-bond donors (Lipinski definition) is 2. The van der Waals surface area contributed by atoms with Gasteiger partial charge in [-0.3, -0.25) is 9.59 Å². The van der Waals surface area contributed by atoms with Crippen LogP contribution in [0.3, 0.4) is 0 Å². The van der Waals surface area contributed by atoms with Gasteiger partial charge in [0.2, 0.25) is 21.8 Å². The van der Waals surface area contributed by atoms with Crippen LogP contribution in [0.2, 0.25) is 0 Å². The maximum Gasteiger partial charge on any atom is 0.339 e. The van der Waals surface area contributed by atoms with Gasteiger partial charge in [-0.1, -0.05) is 103 Å². The second-order valence-corrected chi connectivity index (χ2v) is 15.0. The minimum Gasteiger partial charge on any atom is -0.488 e. The van der Waals surface area contributed by atoms with Gasteiger partial charge < -0.3 is 20.5 Å². The van der Waals surface area contributed by atoms with E-state index < -0.39 is 34.4 Å². The van der Waals surface area contributed by atoms with Crippen LogP contribution >= 0.6 is 0 Å². The lowest BCUT2D eigenvalue weighted by molar-refractivity contribution is -0.118. The fourth-order valence-electron chi connectivity index (χ4n) is 6.08. The van der Waals surface area contributed by atoms with Crippen LogP contribution in [0, 0.1) is 6.92 Å². The maximum atomic E-state index is 14.4. The quantitative estimate of drug-likeness (QED) is 0.117. The number of carbonyl (C=O) groups is 3. The Bertz CT molecular complexity index is 2440. The third-order valence-electron chi connectivity index (χ3n) is 9.12. The first-order valence-electron chi connectivity index (χ1n) is 17.4. The topological polar surface area (TPSA) is 147 Å². The van der Waals surface area contributed by atoms with Crippen molar-refractivity contribution >= 4 is 33.5 Å². The summed E-state index contributed by atoms with van der Waals surface area (Å²) in [4.78, 5) is 39.9. The van der Waals surface area contributed by atoms with Crippen molar-refractivity contribution in [1.29, 1.82) is 0 Å². The number of aromatic carboxylic acids is 1. The van der Waals surface area contributed by atoms with Crippen LogP contribution in [0.4, 0.5) is 5.69 Å². The van der Waals surface area contributed by atoms with E-state index in [4.69, 9.17) is 10.5 Å². The zero-order valence-corrected chi connectivity index (χ0v) is 31.1. The molecule has 0 saturated heterocycles. The van der Waals surface area contributed by atoms with E-state index in [-0.39, 0.29) is 29.4 Å². The Labute approximate surface area is 320 Å². The van der Waals surface area contributed by atoms with Gasteiger partial charge in [-0.2, -0.15) is 4.31 Å². The second kappa shape index (κ2) is 16.6. The summed E-state index contributed by atoms with van der Waals surface area (Å²) in [6, 6.07) is 42.4. The summed E-state index contributed by atoms with van der Waals surface area (Å²) in [5.41, 5.74) is 12.0. The Morgan fingerprint density at radius 1 is 0.709 bits per heavy atom. The summed E-state index contributed by atoms with van der Waals surface area (Å²) in [7, 11) is -2.69. The molecular formula is C44H39N3O7S. The molecule has 0 fully saturated rings. The highest BCUT2D eigenvalue weighted by Crippen LogP contribution is 2.35. The van der Waals surface area contributed by atoms with Gasteiger partial charge in [0.15, 0.2) is 0 Å². The number of hydrogen-bond acceptors (Lipinski definition) is 6. The number of sulfonamides is 1. The first kappa shape index (κ1) is 38.2. The molecule has 11 heteroatoms. The van der Waals surface area contributed by atoms with Crippen LogP contribution in [0.25, 0.3) is 22.3 Å². The van der Waals surface area contributed by atoms with E-state index in [1.807, 2.05) is 97.9 Å². The van der Waals surface area contributed by atoms with Gasteiger partial charge in [0.25, 0.3) is 0 Å². The minimum atomic E-state index is -4.04. The van der Waals surface area contributed by atoms with E-state index in [0.717, 1.165) is 37.7 Å². The van der Waals surface area contributed by atoms with Crippen molar-refractivity contribution in [2.75, 3.05) is 18.5 Å². The van der Waals surface area contributed by atoms with Gasteiger partial charge in [0.1, 0.15) is 17.9 Å². The molecule has 2 amide bonds. The minimum absolute atomic E-state index is 0.00250. The number of carboxylic acid groups (broad SMARTS) is 1. The summed E-state index contributed by atoms with van der Waals surface area (Å²) in [6.45, 7) is 1.43. The number of rotatable bonds is 14. The van der Waals surface area contributed by atoms with E-state index in [1.165, 1.54) is 42.3 Å². The highest BCUT2D eigenvalue weighted by Gasteiger charge is 2.27. The van der Waals surface area contributed by atoms with Crippen LogP contribution < -0.4 is 15.4 Å². The fourth-order valence-corrected chi connectivity index (χ4v) is 7.20. The predicted octanol–water partition coefficient (Wildman–Crippen LogP) is 7.56. The number of benzene rings is 6. The number of ether oxygens (including phenoxy) is 1. The molecule has 6 rings (SSSR count). The predicted molar refractivity (Wildman–Crippen MR) is 212 cm³/mol.